The van der Waals surface area contributed by atoms with E-state index in [1.165, 1.54) is 18.2 Å². The Morgan fingerprint density at radius 1 is 1.03 bits per heavy atom. The molecule has 1 amide bonds. The minimum absolute atomic E-state index is 0.0713. The molecule has 152 valence electrons. The van der Waals surface area contributed by atoms with Crippen molar-refractivity contribution >= 4 is 38.9 Å². The summed E-state index contributed by atoms with van der Waals surface area (Å²) in [5.41, 5.74) is 1.80. The summed E-state index contributed by atoms with van der Waals surface area (Å²) in [7, 11) is 0. The van der Waals surface area contributed by atoms with Crippen LogP contribution in [0.2, 0.25) is 0 Å². The number of ether oxygens (including phenoxy) is 2. The summed E-state index contributed by atoms with van der Waals surface area (Å²) in [6.07, 6.45) is 0. The van der Waals surface area contributed by atoms with E-state index in [9.17, 15) is 14.9 Å². The van der Waals surface area contributed by atoms with E-state index < -0.39 is 11.0 Å². The molecule has 1 aliphatic heterocycles. The molecular weight excluding hydrogens is 454 g/mol. The van der Waals surface area contributed by atoms with E-state index in [0.29, 0.717) is 27.3 Å². The zero-order valence-corrected chi connectivity index (χ0v) is 17.1. The minimum atomic E-state index is -0.714. The zero-order valence-electron chi connectivity index (χ0n) is 15.5. The molecule has 0 aliphatic carbocycles. The average molecular weight is 470 g/mol. The van der Waals surface area contributed by atoms with Crippen molar-refractivity contribution in [3.63, 3.8) is 0 Å². The highest BCUT2D eigenvalue weighted by molar-refractivity contribution is 9.10. The van der Waals surface area contributed by atoms with Crippen LogP contribution in [0.5, 0.6) is 11.5 Å². The van der Waals surface area contributed by atoms with Gasteiger partial charge in [0.2, 0.25) is 6.79 Å². The smallest absolute Gasteiger partial charge is 0.270 e. The lowest BCUT2D eigenvalue weighted by Gasteiger charge is -2.20. The molecule has 0 saturated heterocycles. The van der Waals surface area contributed by atoms with Crippen LogP contribution in [0, 0.1) is 10.1 Å². The van der Waals surface area contributed by atoms with Gasteiger partial charge in [0.05, 0.1) is 10.6 Å². The summed E-state index contributed by atoms with van der Waals surface area (Å²) in [6.45, 7) is 0.162. The molecular formula is C21H16BrN3O5. The lowest BCUT2D eigenvalue weighted by atomic mass is 10.1. The first-order valence-corrected chi connectivity index (χ1v) is 9.76. The number of hydrogen-bond donors (Lipinski definition) is 2. The first kappa shape index (κ1) is 19.7. The lowest BCUT2D eigenvalue weighted by Crippen LogP contribution is -2.27. The second kappa shape index (κ2) is 8.42. The van der Waals surface area contributed by atoms with E-state index in [1.807, 2.05) is 30.3 Å². The van der Waals surface area contributed by atoms with E-state index in [2.05, 4.69) is 26.6 Å². The molecule has 0 radical (unpaired) electrons. The van der Waals surface area contributed by atoms with Gasteiger partial charge < -0.3 is 20.1 Å². The standard InChI is InChI=1S/C21H16BrN3O5/c22-16-11-15(25(27)28)7-8-17(16)24-21(26)20(13-4-2-1-3-5-13)23-14-6-9-18-19(10-14)30-12-29-18/h1-11,20,23H,12H2,(H,24,26). The number of hydrogen-bond acceptors (Lipinski definition) is 6. The molecule has 0 fully saturated rings. The van der Waals surface area contributed by atoms with Crippen LogP contribution in [0.3, 0.4) is 0 Å². The van der Waals surface area contributed by atoms with Crippen molar-refractivity contribution in [2.75, 3.05) is 17.4 Å². The highest BCUT2D eigenvalue weighted by atomic mass is 79.9. The van der Waals surface area contributed by atoms with Crippen LogP contribution in [0.4, 0.5) is 17.1 Å². The SMILES string of the molecule is O=C(Nc1ccc([N+](=O)[O-])cc1Br)C(Nc1ccc2c(c1)OCO2)c1ccccc1. The minimum Gasteiger partial charge on any atom is -0.454 e. The molecule has 1 unspecified atom stereocenters. The Kier molecular flexibility index (Phi) is 5.53. The number of non-ortho nitro benzene ring substituents is 1. The molecule has 9 heteroatoms. The van der Waals surface area contributed by atoms with Crippen LogP contribution >= 0.6 is 15.9 Å². The van der Waals surface area contributed by atoms with E-state index in [-0.39, 0.29) is 18.4 Å². The maximum absolute atomic E-state index is 13.1. The number of amides is 1. The van der Waals surface area contributed by atoms with Gasteiger partial charge in [-0.1, -0.05) is 30.3 Å². The van der Waals surface area contributed by atoms with Crippen molar-refractivity contribution in [2.24, 2.45) is 0 Å². The van der Waals surface area contributed by atoms with Gasteiger partial charge in [0, 0.05) is 28.4 Å². The van der Waals surface area contributed by atoms with Crippen LogP contribution in [0.1, 0.15) is 11.6 Å². The fourth-order valence-electron chi connectivity index (χ4n) is 3.02. The van der Waals surface area contributed by atoms with Crippen LogP contribution in [0.25, 0.3) is 0 Å². The third kappa shape index (κ3) is 4.20. The molecule has 0 saturated carbocycles. The molecule has 30 heavy (non-hydrogen) atoms. The number of nitro benzene ring substituents is 1. The molecule has 2 N–H and O–H groups in total. The molecule has 4 rings (SSSR count). The van der Waals surface area contributed by atoms with E-state index in [4.69, 9.17) is 9.47 Å². The molecule has 3 aromatic carbocycles. The maximum Gasteiger partial charge on any atom is 0.270 e. The number of nitrogens with one attached hydrogen (secondary N) is 2. The summed E-state index contributed by atoms with van der Waals surface area (Å²) in [5.74, 6) is 0.926. The first-order valence-electron chi connectivity index (χ1n) is 8.97. The van der Waals surface area contributed by atoms with Gasteiger partial charge in [-0.05, 0) is 39.7 Å². The summed E-state index contributed by atoms with van der Waals surface area (Å²) in [4.78, 5) is 23.6. The van der Waals surface area contributed by atoms with Gasteiger partial charge in [-0.25, -0.2) is 0 Å². The fourth-order valence-corrected chi connectivity index (χ4v) is 3.49. The number of carbonyl (C=O) groups is 1. The third-order valence-corrected chi connectivity index (χ3v) is 5.16. The molecule has 0 bridgehead atoms. The number of nitro groups is 1. The van der Waals surface area contributed by atoms with Gasteiger partial charge in [0.25, 0.3) is 11.6 Å². The number of benzene rings is 3. The quantitative estimate of drug-likeness (QED) is 0.394. The number of halogens is 1. The van der Waals surface area contributed by atoms with E-state index >= 15 is 0 Å². The molecule has 1 atom stereocenters. The van der Waals surface area contributed by atoms with Crippen molar-refractivity contribution in [1.82, 2.24) is 0 Å². The van der Waals surface area contributed by atoms with E-state index in [0.717, 1.165) is 5.56 Å². The monoisotopic (exact) mass is 469 g/mol. The predicted molar refractivity (Wildman–Crippen MR) is 115 cm³/mol. The Balaban J connectivity index is 1.60. The number of fused-ring (bicyclic) bond motifs is 1. The maximum atomic E-state index is 13.1. The predicted octanol–water partition coefficient (Wildman–Crippen LogP) is 4.88. The third-order valence-electron chi connectivity index (χ3n) is 4.50. The molecule has 1 aliphatic rings. The van der Waals surface area contributed by atoms with Crippen molar-refractivity contribution in [2.45, 2.75) is 6.04 Å². The van der Waals surface area contributed by atoms with Gasteiger partial charge >= 0.3 is 0 Å². The zero-order chi connectivity index (χ0) is 21.1. The van der Waals surface area contributed by atoms with Gasteiger partial charge in [-0.3, -0.25) is 14.9 Å². The highest BCUT2D eigenvalue weighted by Gasteiger charge is 2.23. The van der Waals surface area contributed by atoms with Crippen molar-refractivity contribution in [3.05, 3.63) is 86.9 Å². The Bertz CT molecular complexity index is 1110. The van der Waals surface area contributed by atoms with Crippen molar-refractivity contribution in [3.8, 4) is 11.5 Å². The topological polar surface area (TPSA) is 103 Å². The fraction of sp³-hybridized carbons (Fsp3) is 0.0952. The number of carbonyl (C=O) groups excluding carboxylic acids is 1. The average Bonchev–Trinajstić information content (AvgIpc) is 3.21. The Labute approximate surface area is 180 Å². The number of rotatable bonds is 6. The van der Waals surface area contributed by atoms with Gasteiger partial charge in [-0.15, -0.1) is 0 Å². The second-order valence-electron chi connectivity index (χ2n) is 6.47. The largest absolute Gasteiger partial charge is 0.454 e. The van der Waals surface area contributed by atoms with Crippen LogP contribution in [0.15, 0.2) is 71.2 Å². The Hall–Kier alpha value is -3.59. The Morgan fingerprint density at radius 2 is 1.80 bits per heavy atom. The summed E-state index contributed by atoms with van der Waals surface area (Å²) >= 11 is 3.28. The van der Waals surface area contributed by atoms with Crippen LogP contribution < -0.4 is 20.1 Å². The molecule has 0 spiro atoms. The lowest BCUT2D eigenvalue weighted by molar-refractivity contribution is -0.384. The molecule has 8 nitrogen and oxygen atoms in total. The van der Waals surface area contributed by atoms with E-state index in [1.54, 1.807) is 18.2 Å². The molecule has 0 aromatic heterocycles. The molecule has 3 aromatic rings. The van der Waals surface area contributed by atoms with Crippen molar-refractivity contribution < 1.29 is 19.2 Å². The molecule has 1 heterocycles. The van der Waals surface area contributed by atoms with Gasteiger partial charge in [0.15, 0.2) is 11.5 Å². The van der Waals surface area contributed by atoms with Gasteiger partial charge in [0.1, 0.15) is 6.04 Å². The first-order chi connectivity index (χ1) is 14.5. The second-order valence-corrected chi connectivity index (χ2v) is 7.32. The normalized spacial score (nSPS) is 12.8. The summed E-state index contributed by atoms with van der Waals surface area (Å²) in [5, 5.41) is 17.0. The van der Waals surface area contributed by atoms with Crippen LogP contribution in [-0.4, -0.2) is 17.6 Å². The summed E-state index contributed by atoms with van der Waals surface area (Å²) < 4.78 is 11.1. The number of nitrogens with zero attached hydrogens (tertiary/aromatic N) is 1. The van der Waals surface area contributed by atoms with Gasteiger partial charge in [-0.2, -0.15) is 0 Å². The number of anilines is 2. The van der Waals surface area contributed by atoms with Crippen molar-refractivity contribution in [1.29, 1.82) is 0 Å². The highest BCUT2D eigenvalue weighted by Crippen LogP contribution is 2.35. The summed E-state index contributed by atoms with van der Waals surface area (Å²) in [6, 6.07) is 18.1. The van der Waals surface area contributed by atoms with Crippen LogP contribution in [-0.2, 0) is 4.79 Å². The Morgan fingerprint density at radius 3 is 2.53 bits per heavy atom.